The van der Waals surface area contributed by atoms with Gasteiger partial charge in [0.2, 0.25) is 0 Å². The number of hydrogen-bond donors (Lipinski definition) is 0. The molecule has 108 valence electrons. The molecular formula is C17H24N2O. The van der Waals surface area contributed by atoms with Crippen LogP contribution >= 0.6 is 0 Å². The van der Waals surface area contributed by atoms with Gasteiger partial charge in [0, 0.05) is 36.9 Å². The summed E-state index contributed by atoms with van der Waals surface area (Å²) in [5, 5.41) is 0. The maximum atomic E-state index is 12.6. The molecule has 2 aliphatic rings. The minimum atomic E-state index is 0.199. The van der Waals surface area contributed by atoms with Gasteiger partial charge in [-0.05, 0) is 63.3 Å². The van der Waals surface area contributed by atoms with E-state index in [2.05, 4.69) is 24.0 Å². The first-order valence-corrected chi connectivity index (χ1v) is 7.92. The van der Waals surface area contributed by atoms with Gasteiger partial charge in [-0.3, -0.25) is 4.79 Å². The van der Waals surface area contributed by atoms with Gasteiger partial charge in [-0.2, -0.15) is 0 Å². The van der Waals surface area contributed by atoms with Gasteiger partial charge in [-0.1, -0.05) is 0 Å². The molecule has 0 saturated carbocycles. The fourth-order valence-electron chi connectivity index (χ4n) is 3.36. The lowest BCUT2D eigenvalue weighted by molar-refractivity contribution is 0.0635. The zero-order chi connectivity index (χ0) is 13.9. The molecule has 0 radical (unpaired) electrons. The maximum Gasteiger partial charge on any atom is 0.254 e. The minimum Gasteiger partial charge on any atom is -0.372 e. The number of nitrogens with zero attached hydrogens (tertiary/aromatic N) is 2. The zero-order valence-corrected chi connectivity index (χ0v) is 12.3. The number of anilines is 1. The summed E-state index contributed by atoms with van der Waals surface area (Å²) < 4.78 is 0. The average molecular weight is 272 g/mol. The molecule has 1 aromatic carbocycles. The van der Waals surface area contributed by atoms with Crippen LogP contribution in [0.5, 0.6) is 0 Å². The Balaban J connectivity index is 1.71. The molecule has 2 aliphatic heterocycles. The molecule has 0 spiro atoms. The Morgan fingerprint density at radius 3 is 2.30 bits per heavy atom. The van der Waals surface area contributed by atoms with Gasteiger partial charge in [-0.15, -0.1) is 0 Å². The molecule has 20 heavy (non-hydrogen) atoms. The first kappa shape index (κ1) is 13.5. The number of amides is 1. The van der Waals surface area contributed by atoms with Crippen molar-refractivity contribution in [1.29, 1.82) is 0 Å². The zero-order valence-electron chi connectivity index (χ0n) is 12.3. The molecule has 2 fully saturated rings. The number of likely N-dealkylation sites (tertiary alicyclic amines) is 1. The summed E-state index contributed by atoms with van der Waals surface area (Å²) in [5.41, 5.74) is 2.09. The maximum absolute atomic E-state index is 12.6. The summed E-state index contributed by atoms with van der Waals surface area (Å²) in [4.78, 5) is 17.0. The van der Waals surface area contributed by atoms with Crippen molar-refractivity contribution in [2.45, 2.75) is 45.1 Å². The third kappa shape index (κ3) is 2.67. The summed E-state index contributed by atoms with van der Waals surface area (Å²) in [6.45, 7) is 5.37. The van der Waals surface area contributed by atoms with E-state index in [1.807, 2.05) is 17.0 Å². The van der Waals surface area contributed by atoms with Crippen molar-refractivity contribution in [3.63, 3.8) is 0 Å². The van der Waals surface area contributed by atoms with Crippen molar-refractivity contribution in [3.05, 3.63) is 29.8 Å². The van der Waals surface area contributed by atoms with Crippen LogP contribution in [0.1, 0.15) is 49.4 Å². The molecule has 1 unspecified atom stereocenters. The van der Waals surface area contributed by atoms with E-state index in [0.29, 0.717) is 6.04 Å². The summed E-state index contributed by atoms with van der Waals surface area (Å²) in [7, 11) is 0. The molecule has 3 rings (SSSR count). The molecule has 3 nitrogen and oxygen atoms in total. The second kappa shape index (κ2) is 5.86. The number of benzene rings is 1. The Bertz CT molecular complexity index is 462. The lowest BCUT2D eigenvalue weighted by atomic mass is 10.0. The molecule has 1 atom stereocenters. The van der Waals surface area contributed by atoms with E-state index in [1.165, 1.54) is 24.9 Å². The van der Waals surface area contributed by atoms with Gasteiger partial charge < -0.3 is 9.80 Å². The quantitative estimate of drug-likeness (QED) is 0.824. The van der Waals surface area contributed by atoms with Crippen LogP contribution in [0.25, 0.3) is 0 Å². The minimum absolute atomic E-state index is 0.199. The fourth-order valence-corrected chi connectivity index (χ4v) is 3.36. The Labute approximate surface area is 121 Å². The van der Waals surface area contributed by atoms with Gasteiger partial charge in [0.15, 0.2) is 0 Å². The number of carbonyl (C=O) groups excluding carboxylic acids is 1. The Hall–Kier alpha value is -1.51. The van der Waals surface area contributed by atoms with E-state index in [1.54, 1.807) is 0 Å². The Kier molecular flexibility index (Phi) is 3.95. The number of carbonyl (C=O) groups is 1. The summed E-state index contributed by atoms with van der Waals surface area (Å²) in [6, 6.07) is 8.59. The monoisotopic (exact) mass is 272 g/mol. The van der Waals surface area contributed by atoms with Gasteiger partial charge >= 0.3 is 0 Å². The van der Waals surface area contributed by atoms with Gasteiger partial charge in [0.05, 0.1) is 0 Å². The topological polar surface area (TPSA) is 23.6 Å². The van der Waals surface area contributed by atoms with Crippen molar-refractivity contribution in [2.24, 2.45) is 0 Å². The van der Waals surface area contributed by atoms with Crippen molar-refractivity contribution in [1.82, 2.24) is 4.90 Å². The normalized spacial score (nSPS) is 23.1. The van der Waals surface area contributed by atoms with E-state index < -0.39 is 0 Å². The molecule has 0 bridgehead atoms. The summed E-state index contributed by atoms with van der Waals surface area (Å²) in [5.74, 6) is 0.199. The molecule has 3 heteroatoms. The third-order valence-electron chi connectivity index (χ3n) is 4.65. The molecular weight excluding hydrogens is 248 g/mol. The second-order valence-electron chi connectivity index (χ2n) is 6.08. The highest BCUT2D eigenvalue weighted by Gasteiger charge is 2.24. The van der Waals surface area contributed by atoms with E-state index in [9.17, 15) is 4.79 Å². The van der Waals surface area contributed by atoms with Crippen molar-refractivity contribution in [2.75, 3.05) is 24.5 Å². The van der Waals surface area contributed by atoms with Crippen LogP contribution in [0.15, 0.2) is 24.3 Å². The Morgan fingerprint density at radius 1 is 1.00 bits per heavy atom. The first-order valence-electron chi connectivity index (χ1n) is 7.92. The largest absolute Gasteiger partial charge is 0.372 e. The number of hydrogen-bond acceptors (Lipinski definition) is 2. The van der Waals surface area contributed by atoms with Crippen LogP contribution in [0, 0.1) is 0 Å². The predicted octanol–water partition coefficient (Wildman–Crippen LogP) is 3.30. The molecule has 0 aromatic heterocycles. The fraction of sp³-hybridized carbons (Fsp3) is 0.588. The Morgan fingerprint density at radius 2 is 1.65 bits per heavy atom. The van der Waals surface area contributed by atoms with Crippen LogP contribution < -0.4 is 4.90 Å². The predicted molar refractivity (Wildman–Crippen MR) is 82.2 cm³/mol. The molecule has 1 aromatic rings. The second-order valence-corrected chi connectivity index (χ2v) is 6.08. The van der Waals surface area contributed by atoms with E-state index >= 15 is 0 Å². The molecule has 2 heterocycles. The third-order valence-corrected chi connectivity index (χ3v) is 4.65. The molecule has 2 saturated heterocycles. The SMILES string of the molecule is CC1CCCCN1C(=O)c1ccc(N2CCCC2)cc1. The van der Waals surface area contributed by atoms with Crippen molar-refractivity contribution in [3.8, 4) is 0 Å². The summed E-state index contributed by atoms with van der Waals surface area (Å²) >= 11 is 0. The average Bonchev–Trinajstić information content (AvgIpc) is 3.01. The van der Waals surface area contributed by atoms with Crippen LogP contribution in [-0.4, -0.2) is 36.5 Å². The van der Waals surface area contributed by atoms with E-state index in [-0.39, 0.29) is 5.91 Å². The lowest BCUT2D eigenvalue weighted by Crippen LogP contribution is -2.42. The highest BCUT2D eigenvalue weighted by molar-refractivity contribution is 5.94. The summed E-state index contributed by atoms with van der Waals surface area (Å²) in [6.07, 6.45) is 6.09. The van der Waals surface area contributed by atoms with Crippen molar-refractivity contribution < 1.29 is 4.79 Å². The highest BCUT2D eigenvalue weighted by Crippen LogP contribution is 2.23. The first-order chi connectivity index (χ1) is 9.75. The van der Waals surface area contributed by atoms with Crippen LogP contribution in [0.3, 0.4) is 0 Å². The molecule has 0 aliphatic carbocycles. The van der Waals surface area contributed by atoms with Gasteiger partial charge in [0.1, 0.15) is 0 Å². The number of piperidine rings is 1. The highest BCUT2D eigenvalue weighted by atomic mass is 16.2. The molecule has 1 amide bonds. The van der Waals surface area contributed by atoms with Crippen molar-refractivity contribution >= 4 is 11.6 Å². The molecule has 0 N–H and O–H groups in total. The standard InChI is InChI=1S/C17H24N2O/c1-14-6-2-3-13-19(14)17(20)15-7-9-16(10-8-15)18-11-4-5-12-18/h7-10,14H,2-6,11-13H2,1H3. The van der Waals surface area contributed by atoms with Gasteiger partial charge in [0.25, 0.3) is 5.91 Å². The van der Waals surface area contributed by atoms with Crippen LogP contribution in [0.4, 0.5) is 5.69 Å². The number of rotatable bonds is 2. The van der Waals surface area contributed by atoms with Crippen LogP contribution in [0.2, 0.25) is 0 Å². The van der Waals surface area contributed by atoms with Crippen LogP contribution in [-0.2, 0) is 0 Å². The van der Waals surface area contributed by atoms with E-state index in [0.717, 1.165) is 38.0 Å². The van der Waals surface area contributed by atoms with Gasteiger partial charge in [-0.25, -0.2) is 0 Å². The van der Waals surface area contributed by atoms with E-state index in [4.69, 9.17) is 0 Å². The smallest absolute Gasteiger partial charge is 0.254 e. The lowest BCUT2D eigenvalue weighted by Gasteiger charge is -2.33.